The van der Waals surface area contributed by atoms with Crippen molar-refractivity contribution in [2.45, 2.75) is 19.3 Å². The molecule has 1 aromatic rings. The summed E-state index contributed by atoms with van der Waals surface area (Å²) in [4.78, 5) is 0. The summed E-state index contributed by atoms with van der Waals surface area (Å²) in [5.74, 6) is 4.40. The van der Waals surface area contributed by atoms with Gasteiger partial charge in [-0.25, -0.2) is 0 Å². The molecule has 0 saturated carbocycles. The van der Waals surface area contributed by atoms with Crippen LogP contribution in [0.1, 0.15) is 24.8 Å². The molecule has 0 heterocycles. The van der Waals surface area contributed by atoms with Crippen LogP contribution in [0.15, 0.2) is 16.6 Å². The van der Waals surface area contributed by atoms with Gasteiger partial charge in [-0.2, -0.15) is 0 Å². The Balaban J connectivity index is 3.16. The van der Waals surface area contributed by atoms with Crippen LogP contribution in [0.5, 0.6) is 11.5 Å². The molecule has 1 rings (SSSR count). The second-order valence-electron chi connectivity index (χ2n) is 3.54. The van der Waals surface area contributed by atoms with Gasteiger partial charge in [-0.05, 0) is 23.6 Å². The average Bonchev–Trinajstić information content (AvgIpc) is 2.28. The molecule has 0 aliphatic carbocycles. The normalized spacial score (nSPS) is 11.7. The lowest BCUT2D eigenvalue weighted by molar-refractivity contribution is 0.354. The number of hydrogen-bond acceptors (Lipinski definition) is 2. The third kappa shape index (κ3) is 2.70. The van der Waals surface area contributed by atoms with Crippen LogP contribution in [-0.2, 0) is 0 Å². The van der Waals surface area contributed by atoms with Crippen LogP contribution in [0.3, 0.4) is 0 Å². The molecule has 0 bridgehead atoms. The number of terminal acetylenes is 1. The van der Waals surface area contributed by atoms with Gasteiger partial charge in [-0.3, -0.25) is 0 Å². The first-order chi connectivity index (χ1) is 7.63. The summed E-state index contributed by atoms with van der Waals surface area (Å²) >= 11 is 3.52. The predicted molar refractivity (Wildman–Crippen MR) is 69.1 cm³/mol. The molecular weight excluding hydrogens is 268 g/mol. The molecule has 0 fully saturated rings. The van der Waals surface area contributed by atoms with Crippen LogP contribution >= 0.6 is 15.9 Å². The molecule has 1 atom stereocenters. The number of hydrogen-bond donors (Lipinski definition) is 0. The predicted octanol–water partition coefficient (Wildman–Crippen LogP) is 3.59. The Labute approximate surface area is 105 Å². The van der Waals surface area contributed by atoms with E-state index in [1.165, 1.54) is 0 Å². The molecule has 2 nitrogen and oxygen atoms in total. The second kappa shape index (κ2) is 5.81. The van der Waals surface area contributed by atoms with Gasteiger partial charge in [0, 0.05) is 10.9 Å². The first-order valence-corrected chi connectivity index (χ1v) is 5.78. The molecule has 0 saturated heterocycles. The molecule has 1 unspecified atom stereocenters. The maximum Gasteiger partial charge on any atom is 0.161 e. The van der Waals surface area contributed by atoms with Gasteiger partial charge in [0.15, 0.2) is 11.5 Å². The van der Waals surface area contributed by atoms with Crippen molar-refractivity contribution in [3.05, 3.63) is 22.2 Å². The van der Waals surface area contributed by atoms with Gasteiger partial charge in [0.05, 0.1) is 14.2 Å². The highest BCUT2D eigenvalue weighted by molar-refractivity contribution is 9.10. The van der Waals surface area contributed by atoms with Crippen molar-refractivity contribution in [3.8, 4) is 23.8 Å². The lowest BCUT2D eigenvalue weighted by Gasteiger charge is -2.15. The van der Waals surface area contributed by atoms with Crippen LogP contribution in [-0.4, -0.2) is 14.2 Å². The minimum Gasteiger partial charge on any atom is -0.493 e. The monoisotopic (exact) mass is 282 g/mol. The Hall–Kier alpha value is -1.14. The summed E-state index contributed by atoms with van der Waals surface area (Å²) in [6.45, 7) is 2.09. The SMILES string of the molecule is C#CCC(C)c1cc(OC)c(OC)cc1Br. The summed E-state index contributed by atoms with van der Waals surface area (Å²) in [5, 5.41) is 0. The van der Waals surface area contributed by atoms with Crippen LogP contribution < -0.4 is 9.47 Å². The minimum absolute atomic E-state index is 0.291. The van der Waals surface area contributed by atoms with Crippen molar-refractivity contribution < 1.29 is 9.47 Å². The van der Waals surface area contributed by atoms with E-state index in [-0.39, 0.29) is 0 Å². The molecule has 16 heavy (non-hydrogen) atoms. The lowest BCUT2D eigenvalue weighted by atomic mass is 9.98. The number of halogens is 1. The molecule has 0 spiro atoms. The highest BCUT2D eigenvalue weighted by atomic mass is 79.9. The molecule has 3 heteroatoms. The Bertz CT molecular complexity index is 407. The van der Waals surface area contributed by atoms with Crippen LogP contribution in [0.4, 0.5) is 0 Å². The van der Waals surface area contributed by atoms with Gasteiger partial charge in [-0.1, -0.05) is 22.9 Å². The minimum atomic E-state index is 0.291. The van der Waals surface area contributed by atoms with E-state index in [2.05, 4.69) is 28.8 Å². The number of rotatable bonds is 4. The first-order valence-electron chi connectivity index (χ1n) is 4.98. The second-order valence-corrected chi connectivity index (χ2v) is 4.39. The molecule has 86 valence electrons. The molecule has 0 radical (unpaired) electrons. The van der Waals surface area contributed by atoms with E-state index in [9.17, 15) is 0 Å². The van der Waals surface area contributed by atoms with E-state index in [0.29, 0.717) is 18.1 Å². The Morgan fingerprint density at radius 3 is 2.38 bits per heavy atom. The van der Waals surface area contributed by atoms with Crippen LogP contribution in [0, 0.1) is 12.3 Å². The first kappa shape index (κ1) is 12.9. The number of benzene rings is 1. The van der Waals surface area contributed by atoms with Crippen molar-refractivity contribution in [1.29, 1.82) is 0 Å². The standard InChI is InChI=1S/C13H15BrO2/c1-5-6-9(2)10-7-12(15-3)13(16-4)8-11(10)14/h1,7-9H,6H2,2-4H3. The maximum atomic E-state index is 5.32. The summed E-state index contributed by atoms with van der Waals surface area (Å²) in [5.41, 5.74) is 1.13. The van der Waals surface area contributed by atoms with E-state index < -0.39 is 0 Å². The number of methoxy groups -OCH3 is 2. The quantitative estimate of drug-likeness (QED) is 0.786. The Morgan fingerprint density at radius 1 is 1.31 bits per heavy atom. The number of ether oxygens (including phenoxy) is 2. The van der Waals surface area contributed by atoms with E-state index >= 15 is 0 Å². The van der Waals surface area contributed by atoms with Crippen molar-refractivity contribution in [3.63, 3.8) is 0 Å². The molecular formula is C13H15BrO2. The zero-order chi connectivity index (χ0) is 12.1. The third-order valence-electron chi connectivity index (χ3n) is 2.46. The largest absolute Gasteiger partial charge is 0.493 e. The molecule has 0 aliphatic rings. The molecule has 0 amide bonds. The molecule has 0 aliphatic heterocycles. The van der Waals surface area contributed by atoms with E-state index in [0.717, 1.165) is 15.8 Å². The van der Waals surface area contributed by atoms with Crippen LogP contribution in [0.2, 0.25) is 0 Å². The highest BCUT2D eigenvalue weighted by Crippen LogP contribution is 2.37. The lowest BCUT2D eigenvalue weighted by Crippen LogP contribution is -1.97. The van der Waals surface area contributed by atoms with E-state index in [1.807, 2.05) is 12.1 Å². The Morgan fingerprint density at radius 2 is 1.88 bits per heavy atom. The fourth-order valence-electron chi connectivity index (χ4n) is 1.53. The summed E-state index contributed by atoms with van der Waals surface area (Å²) in [6, 6.07) is 3.87. The smallest absolute Gasteiger partial charge is 0.161 e. The molecule has 0 aromatic heterocycles. The van der Waals surface area contributed by atoms with E-state index in [4.69, 9.17) is 15.9 Å². The van der Waals surface area contributed by atoms with E-state index in [1.54, 1.807) is 14.2 Å². The zero-order valence-corrected chi connectivity index (χ0v) is 11.3. The topological polar surface area (TPSA) is 18.5 Å². The zero-order valence-electron chi connectivity index (χ0n) is 9.71. The molecule has 1 aromatic carbocycles. The fraction of sp³-hybridized carbons (Fsp3) is 0.385. The summed E-state index contributed by atoms with van der Waals surface area (Å²) < 4.78 is 11.5. The van der Waals surface area contributed by atoms with Gasteiger partial charge >= 0.3 is 0 Å². The molecule has 0 N–H and O–H groups in total. The van der Waals surface area contributed by atoms with Crippen molar-refractivity contribution in [1.82, 2.24) is 0 Å². The van der Waals surface area contributed by atoms with Crippen LogP contribution in [0.25, 0.3) is 0 Å². The van der Waals surface area contributed by atoms with Gasteiger partial charge in [-0.15, -0.1) is 12.3 Å². The summed E-state index contributed by atoms with van der Waals surface area (Å²) in [6.07, 6.45) is 6.02. The maximum absolute atomic E-state index is 5.32. The van der Waals surface area contributed by atoms with Gasteiger partial charge < -0.3 is 9.47 Å². The van der Waals surface area contributed by atoms with Crippen molar-refractivity contribution in [2.24, 2.45) is 0 Å². The summed E-state index contributed by atoms with van der Waals surface area (Å²) in [7, 11) is 3.25. The van der Waals surface area contributed by atoms with Gasteiger partial charge in [0.1, 0.15) is 0 Å². The van der Waals surface area contributed by atoms with Gasteiger partial charge in [0.2, 0.25) is 0 Å². The van der Waals surface area contributed by atoms with Crippen molar-refractivity contribution >= 4 is 15.9 Å². The highest BCUT2D eigenvalue weighted by Gasteiger charge is 2.13. The fourth-order valence-corrected chi connectivity index (χ4v) is 2.25. The van der Waals surface area contributed by atoms with Crippen molar-refractivity contribution in [2.75, 3.05) is 14.2 Å². The van der Waals surface area contributed by atoms with Gasteiger partial charge in [0.25, 0.3) is 0 Å². The Kier molecular flexibility index (Phi) is 4.70. The average molecular weight is 283 g/mol. The third-order valence-corrected chi connectivity index (χ3v) is 3.14.